The van der Waals surface area contributed by atoms with Gasteiger partial charge in [-0.2, -0.15) is 0 Å². The minimum absolute atomic E-state index is 0.621. The van der Waals surface area contributed by atoms with Crippen LogP contribution in [0.25, 0.3) is 0 Å². The summed E-state index contributed by atoms with van der Waals surface area (Å²) in [6, 6.07) is 0.621. The predicted molar refractivity (Wildman–Crippen MR) is 70.4 cm³/mol. The molecule has 1 unspecified atom stereocenters. The number of hydrogen-bond acceptors (Lipinski definition) is 2. The summed E-state index contributed by atoms with van der Waals surface area (Å²) in [6.45, 7) is 8.83. The molecular weight excluding hydrogens is 196 g/mol. The maximum atomic E-state index is 5.22. The summed E-state index contributed by atoms with van der Waals surface area (Å²) in [7, 11) is 0. The van der Waals surface area contributed by atoms with Gasteiger partial charge in [0.1, 0.15) is 0 Å². The van der Waals surface area contributed by atoms with Crippen molar-refractivity contribution >= 4 is 0 Å². The molecule has 0 aromatic rings. The zero-order valence-electron chi connectivity index (χ0n) is 10.8. The van der Waals surface area contributed by atoms with E-state index >= 15 is 0 Å². The summed E-state index contributed by atoms with van der Waals surface area (Å²) in [5.41, 5.74) is 0. The maximum absolute atomic E-state index is 5.22. The highest BCUT2D eigenvalue weighted by Crippen LogP contribution is 2.22. The van der Waals surface area contributed by atoms with Crippen molar-refractivity contribution in [3.63, 3.8) is 0 Å². The molecule has 0 saturated carbocycles. The molecule has 0 aromatic heterocycles. The molecule has 1 aliphatic heterocycles. The molecule has 0 aromatic carbocycles. The normalized spacial score (nSPS) is 20.6. The second-order valence-corrected chi connectivity index (χ2v) is 4.95. The van der Waals surface area contributed by atoms with Crippen molar-refractivity contribution in [1.29, 1.82) is 0 Å². The lowest BCUT2D eigenvalue weighted by Crippen LogP contribution is -2.44. The van der Waals surface area contributed by atoms with Crippen LogP contribution in [0.4, 0.5) is 0 Å². The van der Waals surface area contributed by atoms with Crippen molar-refractivity contribution in [3.8, 4) is 12.3 Å². The molecule has 0 spiro atoms. The highest BCUT2D eigenvalue weighted by Gasteiger charge is 2.21. The van der Waals surface area contributed by atoms with Crippen LogP contribution in [0, 0.1) is 18.3 Å². The van der Waals surface area contributed by atoms with Crippen LogP contribution in [-0.4, -0.2) is 37.1 Å². The third-order valence-electron chi connectivity index (χ3n) is 3.64. The van der Waals surface area contributed by atoms with E-state index in [0.717, 1.165) is 12.5 Å². The third kappa shape index (κ3) is 4.55. The first-order valence-electron chi connectivity index (χ1n) is 6.66. The zero-order chi connectivity index (χ0) is 11.8. The van der Waals surface area contributed by atoms with Gasteiger partial charge in [-0.25, -0.2) is 0 Å². The summed E-state index contributed by atoms with van der Waals surface area (Å²) >= 11 is 0. The molecule has 1 fully saturated rings. The van der Waals surface area contributed by atoms with Crippen molar-refractivity contribution < 1.29 is 0 Å². The van der Waals surface area contributed by atoms with Crippen LogP contribution in [0.5, 0.6) is 0 Å². The first-order valence-corrected chi connectivity index (χ1v) is 6.66. The number of rotatable bonds is 6. The van der Waals surface area contributed by atoms with E-state index in [4.69, 9.17) is 6.42 Å². The highest BCUT2D eigenvalue weighted by atomic mass is 15.2. The van der Waals surface area contributed by atoms with Gasteiger partial charge in [-0.05, 0) is 38.8 Å². The molecule has 1 rings (SSSR count). The van der Waals surface area contributed by atoms with Crippen LogP contribution in [-0.2, 0) is 0 Å². The lowest BCUT2D eigenvalue weighted by Gasteiger charge is -2.36. The second kappa shape index (κ2) is 7.70. The topological polar surface area (TPSA) is 15.3 Å². The van der Waals surface area contributed by atoms with Gasteiger partial charge < -0.3 is 5.32 Å². The zero-order valence-corrected chi connectivity index (χ0v) is 10.8. The lowest BCUT2D eigenvalue weighted by atomic mass is 9.92. The fourth-order valence-electron chi connectivity index (χ4n) is 2.57. The number of terminal acetylenes is 1. The molecule has 16 heavy (non-hydrogen) atoms. The van der Waals surface area contributed by atoms with Gasteiger partial charge in [-0.1, -0.05) is 25.7 Å². The van der Waals surface area contributed by atoms with Crippen LogP contribution >= 0.6 is 0 Å². The number of nitrogens with zero attached hydrogens (tertiary/aromatic N) is 1. The van der Waals surface area contributed by atoms with E-state index in [9.17, 15) is 0 Å². The van der Waals surface area contributed by atoms with Crippen LogP contribution in [0.15, 0.2) is 0 Å². The standard InChI is InChI=1S/C14H26N2/c1-4-6-14-7-10-16(11-8-14)13(3)12-15-9-5-2/h2,13-15H,4,6-12H2,1,3H3. The molecule has 1 N–H and O–H groups in total. The molecular formula is C14H26N2. The molecule has 92 valence electrons. The van der Waals surface area contributed by atoms with E-state index < -0.39 is 0 Å². The Kier molecular flexibility index (Phi) is 6.52. The third-order valence-corrected chi connectivity index (χ3v) is 3.64. The van der Waals surface area contributed by atoms with Crippen molar-refractivity contribution in [2.45, 2.75) is 45.6 Å². The highest BCUT2D eigenvalue weighted by molar-refractivity contribution is 4.87. The summed E-state index contributed by atoms with van der Waals surface area (Å²) in [4.78, 5) is 2.59. The largest absolute Gasteiger partial charge is 0.305 e. The van der Waals surface area contributed by atoms with Crippen molar-refractivity contribution in [2.24, 2.45) is 5.92 Å². The minimum atomic E-state index is 0.621. The Bertz CT molecular complexity index is 211. The summed E-state index contributed by atoms with van der Waals surface area (Å²) in [6.07, 6.45) is 10.7. The van der Waals surface area contributed by atoms with Gasteiger partial charge in [0, 0.05) is 12.6 Å². The fraction of sp³-hybridized carbons (Fsp3) is 0.857. The quantitative estimate of drug-likeness (QED) is 0.547. The molecule has 1 aliphatic rings. The van der Waals surface area contributed by atoms with Gasteiger partial charge in [0.05, 0.1) is 6.54 Å². The summed E-state index contributed by atoms with van der Waals surface area (Å²) in [5.74, 6) is 3.60. The lowest BCUT2D eigenvalue weighted by molar-refractivity contribution is 0.136. The smallest absolute Gasteiger partial charge is 0.0574 e. The fourth-order valence-corrected chi connectivity index (χ4v) is 2.57. The Balaban J connectivity index is 2.17. The molecule has 0 aliphatic carbocycles. The van der Waals surface area contributed by atoms with Crippen LogP contribution < -0.4 is 5.32 Å². The number of piperidine rings is 1. The molecule has 1 atom stereocenters. The molecule has 1 heterocycles. The minimum Gasteiger partial charge on any atom is -0.305 e. The number of hydrogen-bond donors (Lipinski definition) is 1. The molecule has 1 saturated heterocycles. The summed E-state index contributed by atoms with van der Waals surface area (Å²) in [5, 5.41) is 3.29. The van der Waals surface area contributed by atoms with E-state index in [1.165, 1.54) is 38.8 Å². The summed E-state index contributed by atoms with van der Waals surface area (Å²) < 4.78 is 0. The predicted octanol–water partition coefficient (Wildman–Crippen LogP) is 2.11. The van der Waals surface area contributed by atoms with Gasteiger partial charge in [0.25, 0.3) is 0 Å². The van der Waals surface area contributed by atoms with Gasteiger partial charge in [-0.3, -0.25) is 4.90 Å². The molecule has 0 bridgehead atoms. The Morgan fingerprint density at radius 3 is 2.69 bits per heavy atom. The number of nitrogens with one attached hydrogen (secondary N) is 1. The average molecular weight is 222 g/mol. The Morgan fingerprint density at radius 2 is 2.12 bits per heavy atom. The van der Waals surface area contributed by atoms with E-state index in [2.05, 4.69) is 30.0 Å². The van der Waals surface area contributed by atoms with Crippen molar-refractivity contribution in [2.75, 3.05) is 26.2 Å². The van der Waals surface area contributed by atoms with E-state index in [-0.39, 0.29) is 0 Å². The first kappa shape index (κ1) is 13.5. The monoisotopic (exact) mass is 222 g/mol. The Labute approximate surface area is 101 Å². The average Bonchev–Trinajstić information content (AvgIpc) is 2.30. The van der Waals surface area contributed by atoms with E-state index in [1.54, 1.807) is 0 Å². The maximum Gasteiger partial charge on any atom is 0.0574 e. The molecule has 2 heteroatoms. The molecule has 0 radical (unpaired) electrons. The SMILES string of the molecule is C#CCNCC(C)N1CCC(CCC)CC1. The van der Waals surface area contributed by atoms with Gasteiger partial charge >= 0.3 is 0 Å². The van der Waals surface area contributed by atoms with E-state index in [0.29, 0.717) is 12.6 Å². The first-order chi connectivity index (χ1) is 7.77. The van der Waals surface area contributed by atoms with Crippen molar-refractivity contribution in [3.05, 3.63) is 0 Å². The number of likely N-dealkylation sites (tertiary alicyclic amines) is 1. The van der Waals surface area contributed by atoms with Crippen LogP contribution in [0.1, 0.15) is 39.5 Å². The van der Waals surface area contributed by atoms with Crippen LogP contribution in [0.3, 0.4) is 0 Å². The second-order valence-electron chi connectivity index (χ2n) is 4.95. The Hall–Kier alpha value is -0.520. The van der Waals surface area contributed by atoms with Crippen molar-refractivity contribution in [1.82, 2.24) is 10.2 Å². The van der Waals surface area contributed by atoms with Gasteiger partial charge in [0.2, 0.25) is 0 Å². The van der Waals surface area contributed by atoms with Gasteiger partial charge in [-0.15, -0.1) is 6.42 Å². The molecule has 2 nitrogen and oxygen atoms in total. The van der Waals surface area contributed by atoms with Gasteiger partial charge in [0.15, 0.2) is 0 Å². The molecule has 0 amide bonds. The Morgan fingerprint density at radius 1 is 1.44 bits per heavy atom. The van der Waals surface area contributed by atoms with Crippen LogP contribution in [0.2, 0.25) is 0 Å². The van der Waals surface area contributed by atoms with E-state index in [1.807, 2.05) is 0 Å².